The van der Waals surface area contributed by atoms with Crippen LogP contribution in [-0.4, -0.2) is 44.1 Å². The highest BCUT2D eigenvalue weighted by molar-refractivity contribution is 5.82. The van der Waals surface area contributed by atoms with Gasteiger partial charge < -0.3 is 26.5 Å². The first-order chi connectivity index (χ1) is 16.2. The Morgan fingerprint density at radius 1 is 1.17 bits per heavy atom. The minimum absolute atomic E-state index is 0.0231. The molecule has 1 aromatic heterocycles. The number of amides is 1. The molecule has 1 amide bonds. The third-order valence-corrected chi connectivity index (χ3v) is 7.40. The Hall–Kier alpha value is -3.13. The molecular formula is C27H39N5O3. The second-order valence-corrected chi connectivity index (χ2v) is 11.2. The standard InChI is InChI=1S/C23H35N3O.C4H4N2O2/c1-16(27)26-13-12-22(4,15-23(26,5)25)18-6-7-20(24)19(14-18)17-8-10-21(2,3)11-9-17;7-4(8)3-5-1-2-6-3/h6-8,14H,9-13,15,24-25H2,1-5H3;1-2H,(H,5,6)(H,7,8). The van der Waals surface area contributed by atoms with Gasteiger partial charge in [0.25, 0.3) is 0 Å². The van der Waals surface area contributed by atoms with Gasteiger partial charge in [-0.15, -0.1) is 0 Å². The monoisotopic (exact) mass is 481 g/mol. The molecule has 0 spiro atoms. The number of nitrogens with zero attached hydrogens (tertiary/aromatic N) is 2. The number of imidazole rings is 1. The summed E-state index contributed by atoms with van der Waals surface area (Å²) in [5.74, 6) is -1.00. The molecule has 8 heteroatoms. The van der Waals surface area contributed by atoms with Crippen LogP contribution in [0.1, 0.15) is 88.5 Å². The number of carbonyl (C=O) groups excluding carboxylic acids is 1. The highest BCUT2D eigenvalue weighted by Gasteiger charge is 2.44. The first-order valence-corrected chi connectivity index (χ1v) is 12.1. The van der Waals surface area contributed by atoms with Crippen molar-refractivity contribution < 1.29 is 14.7 Å². The lowest BCUT2D eigenvalue weighted by Crippen LogP contribution is -2.62. The number of aromatic amines is 1. The fraction of sp³-hybridized carbons (Fsp3) is 0.519. The molecule has 1 fully saturated rings. The summed E-state index contributed by atoms with van der Waals surface area (Å²) in [7, 11) is 0. The lowest BCUT2D eigenvalue weighted by molar-refractivity contribution is -0.138. The molecule has 2 aliphatic rings. The minimum atomic E-state index is -1.03. The van der Waals surface area contributed by atoms with Gasteiger partial charge in [-0.2, -0.15) is 0 Å². The number of allylic oxidation sites excluding steroid dienone is 2. The zero-order valence-electron chi connectivity index (χ0n) is 21.5. The Labute approximate surface area is 207 Å². The van der Waals surface area contributed by atoms with Gasteiger partial charge in [-0.1, -0.05) is 32.9 Å². The van der Waals surface area contributed by atoms with Crippen molar-refractivity contribution in [1.29, 1.82) is 0 Å². The number of benzene rings is 1. The second-order valence-electron chi connectivity index (χ2n) is 11.2. The Morgan fingerprint density at radius 2 is 1.89 bits per heavy atom. The number of nitrogens with two attached hydrogens (primary N) is 2. The SMILES string of the molecule is CC(=O)N1CCC(C)(c2ccc(N)c(C3=CCC(C)(C)CC3)c2)CC1(C)N.O=C(O)c1ncc[nH]1. The van der Waals surface area contributed by atoms with Crippen LogP contribution in [0.3, 0.4) is 0 Å². The third-order valence-electron chi connectivity index (χ3n) is 7.40. The molecule has 1 aliphatic carbocycles. The maximum atomic E-state index is 11.9. The lowest BCUT2D eigenvalue weighted by atomic mass is 9.69. The molecule has 1 saturated heterocycles. The number of hydrogen-bond acceptors (Lipinski definition) is 5. The lowest BCUT2D eigenvalue weighted by Gasteiger charge is -2.50. The molecule has 1 aromatic carbocycles. The minimum Gasteiger partial charge on any atom is -0.475 e. The topological polar surface area (TPSA) is 138 Å². The van der Waals surface area contributed by atoms with E-state index in [1.165, 1.54) is 35.5 Å². The molecule has 2 heterocycles. The average molecular weight is 482 g/mol. The van der Waals surface area contributed by atoms with Crippen molar-refractivity contribution in [3.63, 3.8) is 0 Å². The molecule has 6 N–H and O–H groups in total. The number of nitrogens with one attached hydrogen (secondary N) is 1. The van der Waals surface area contributed by atoms with Crippen molar-refractivity contribution in [3.8, 4) is 0 Å². The van der Waals surface area contributed by atoms with E-state index in [9.17, 15) is 9.59 Å². The Kier molecular flexibility index (Phi) is 7.45. The Balaban J connectivity index is 0.000000363. The molecule has 0 bridgehead atoms. The summed E-state index contributed by atoms with van der Waals surface area (Å²) in [4.78, 5) is 29.6. The molecule has 2 atom stereocenters. The zero-order valence-corrected chi connectivity index (χ0v) is 21.5. The van der Waals surface area contributed by atoms with E-state index in [0.29, 0.717) is 12.0 Å². The van der Waals surface area contributed by atoms with E-state index in [0.717, 1.165) is 31.4 Å². The predicted molar refractivity (Wildman–Crippen MR) is 139 cm³/mol. The van der Waals surface area contributed by atoms with Gasteiger partial charge >= 0.3 is 5.97 Å². The number of carboxylic acid groups (broad SMARTS) is 1. The smallest absolute Gasteiger partial charge is 0.371 e. The molecule has 4 rings (SSSR count). The van der Waals surface area contributed by atoms with Gasteiger partial charge in [-0.3, -0.25) is 4.79 Å². The predicted octanol–water partition coefficient (Wildman–Crippen LogP) is 4.55. The Bertz CT molecular complexity index is 1100. The summed E-state index contributed by atoms with van der Waals surface area (Å²) in [5.41, 5.74) is 17.3. The van der Waals surface area contributed by atoms with Gasteiger partial charge in [0.05, 0.1) is 5.66 Å². The van der Waals surface area contributed by atoms with Gasteiger partial charge in [0.2, 0.25) is 11.7 Å². The number of aromatic carboxylic acids is 1. The van der Waals surface area contributed by atoms with Gasteiger partial charge in [-0.05, 0) is 73.1 Å². The van der Waals surface area contributed by atoms with Gasteiger partial charge in [0, 0.05) is 37.1 Å². The van der Waals surface area contributed by atoms with Crippen LogP contribution in [-0.2, 0) is 10.2 Å². The first kappa shape index (κ1) is 26.5. The van der Waals surface area contributed by atoms with Crippen LogP contribution in [0.4, 0.5) is 5.69 Å². The highest BCUT2D eigenvalue weighted by Crippen LogP contribution is 2.44. The van der Waals surface area contributed by atoms with E-state index in [4.69, 9.17) is 16.6 Å². The van der Waals surface area contributed by atoms with Crippen LogP contribution in [0.25, 0.3) is 5.57 Å². The van der Waals surface area contributed by atoms with Crippen molar-refractivity contribution >= 4 is 23.1 Å². The third kappa shape index (κ3) is 6.11. The van der Waals surface area contributed by atoms with Crippen LogP contribution < -0.4 is 11.5 Å². The van der Waals surface area contributed by atoms with Crippen molar-refractivity contribution in [3.05, 3.63) is 53.6 Å². The number of piperidine rings is 1. The molecule has 8 nitrogen and oxygen atoms in total. The number of H-pyrrole nitrogens is 1. The fourth-order valence-corrected chi connectivity index (χ4v) is 5.26. The molecule has 0 radical (unpaired) electrons. The van der Waals surface area contributed by atoms with Crippen molar-refractivity contribution in [1.82, 2.24) is 14.9 Å². The summed E-state index contributed by atoms with van der Waals surface area (Å²) in [6, 6.07) is 6.46. The summed E-state index contributed by atoms with van der Waals surface area (Å²) in [5, 5.41) is 8.18. The van der Waals surface area contributed by atoms with Crippen LogP contribution in [0.5, 0.6) is 0 Å². The van der Waals surface area contributed by atoms with Crippen LogP contribution in [0, 0.1) is 5.41 Å². The molecule has 190 valence electrons. The van der Waals surface area contributed by atoms with E-state index in [1.807, 2.05) is 13.0 Å². The van der Waals surface area contributed by atoms with E-state index in [2.05, 4.69) is 48.9 Å². The van der Waals surface area contributed by atoms with Crippen LogP contribution in [0.15, 0.2) is 36.7 Å². The quantitative estimate of drug-likeness (QED) is 0.475. The number of carbonyl (C=O) groups is 2. The Morgan fingerprint density at radius 3 is 2.37 bits per heavy atom. The molecule has 2 aromatic rings. The van der Waals surface area contributed by atoms with Gasteiger partial charge in [0.15, 0.2) is 0 Å². The van der Waals surface area contributed by atoms with E-state index >= 15 is 0 Å². The number of carboxylic acids is 1. The molecule has 35 heavy (non-hydrogen) atoms. The van der Waals surface area contributed by atoms with E-state index in [-0.39, 0.29) is 17.1 Å². The molecule has 1 aliphatic heterocycles. The van der Waals surface area contributed by atoms with Gasteiger partial charge in [-0.25, -0.2) is 9.78 Å². The number of anilines is 1. The molecular weight excluding hydrogens is 442 g/mol. The van der Waals surface area contributed by atoms with Crippen molar-refractivity contribution in [2.24, 2.45) is 11.1 Å². The summed E-state index contributed by atoms with van der Waals surface area (Å²) in [6.07, 6.45) is 10.2. The zero-order chi connectivity index (χ0) is 26.0. The normalized spacial score (nSPS) is 25.8. The second kappa shape index (κ2) is 9.85. The molecule has 2 unspecified atom stereocenters. The maximum Gasteiger partial charge on any atom is 0.371 e. The van der Waals surface area contributed by atoms with Crippen LogP contribution >= 0.6 is 0 Å². The highest BCUT2D eigenvalue weighted by atomic mass is 16.4. The van der Waals surface area contributed by atoms with E-state index < -0.39 is 11.6 Å². The summed E-state index contributed by atoms with van der Waals surface area (Å²) in [6.45, 7) is 11.2. The van der Waals surface area contributed by atoms with Crippen LogP contribution in [0.2, 0.25) is 0 Å². The van der Waals surface area contributed by atoms with Gasteiger partial charge in [0.1, 0.15) is 0 Å². The summed E-state index contributed by atoms with van der Waals surface area (Å²) < 4.78 is 0. The van der Waals surface area contributed by atoms with Crippen molar-refractivity contribution in [2.75, 3.05) is 12.3 Å². The number of hydrogen-bond donors (Lipinski definition) is 4. The average Bonchev–Trinajstić information content (AvgIpc) is 3.29. The van der Waals surface area contributed by atoms with Crippen molar-refractivity contribution in [2.45, 2.75) is 77.8 Å². The fourth-order valence-electron chi connectivity index (χ4n) is 5.26. The number of nitrogen functional groups attached to an aromatic ring is 1. The maximum absolute atomic E-state index is 11.9. The number of rotatable bonds is 3. The number of likely N-dealkylation sites (tertiary alicyclic amines) is 1. The largest absolute Gasteiger partial charge is 0.475 e. The number of aromatic nitrogens is 2. The van der Waals surface area contributed by atoms with E-state index in [1.54, 1.807) is 11.8 Å². The summed E-state index contributed by atoms with van der Waals surface area (Å²) >= 11 is 0. The first-order valence-electron chi connectivity index (χ1n) is 12.1. The molecule has 0 saturated carbocycles.